The van der Waals surface area contributed by atoms with Crippen molar-refractivity contribution in [1.82, 2.24) is 5.32 Å². The zero-order chi connectivity index (χ0) is 20.1. The van der Waals surface area contributed by atoms with Crippen molar-refractivity contribution in [2.75, 3.05) is 18.0 Å². The third kappa shape index (κ3) is 4.92. The SMILES string of the molecule is CC1CCc2ccccc2N1C(=O)CNCC(c1ccccc1)c1ccccc1.Cl. The number of fused-ring (bicyclic) bond motifs is 1. The molecule has 0 saturated carbocycles. The minimum Gasteiger partial charge on any atom is -0.308 e. The van der Waals surface area contributed by atoms with Crippen LogP contribution in [0.15, 0.2) is 84.9 Å². The first-order chi connectivity index (χ1) is 14.2. The molecule has 1 unspecified atom stereocenters. The Labute approximate surface area is 185 Å². The summed E-state index contributed by atoms with van der Waals surface area (Å²) in [7, 11) is 0. The summed E-state index contributed by atoms with van der Waals surface area (Å²) in [6, 6.07) is 29.5. The van der Waals surface area contributed by atoms with E-state index in [1.165, 1.54) is 16.7 Å². The van der Waals surface area contributed by atoms with Gasteiger partial charge in [-0.15, -0.1) is 12.4 Å². The zero-order valence-electron chi connectivity index (χ0n) is 17.3. The lowest BCUT2D eigenvalue weighted by molar-refractivity contribution is -0.118. The Morgan fingerprint density at radius 2 is 1.50 bits per heavy atom. The molecule has 0 aliphatic carbocycles. The summed E-state index contributed by atoms with van der Waals surface area (Å²) in [4.78, 5) is 15.1. The molecule has 0 spiro atoms. The van der Waals surface area contributed by atoms with Crippen molar-refractivity contribution < 1.29 is 4.79 Å². The highest BCUT2D eigenvalue weighted by atomic mass is 35.5. The molecule has 0 saturated heterocycles. The van der Waals surface area contributed by atoms with Crippen LogP contribution in [0.5, 0.6) is 0 Å². The molecule has 1 heterocycles. The Morgan fingerprint density at radius 1 is 0.933 bits per heavy atom. The molecule has 3 aromatic carbocycles. The zero-order valence-corrected chi connectivity index (χ0v) is 18.1. The molecule has 30 heavy (non-hydrogen) atoms. The lowest BCUT2D eigenvalue weighted by Crippen LogP contribution is -2.46. The Balaban J connectivity index is 0.00000256. The first kappa shape index (κ1) is 22.1. The van der Waals surface area contributed by atoms with Crippen LogP contribution in [0.4, 0.5) is 5.69 Å². The van der Waals surface area contributed by atoms with Gasteiger partial charge in [0.25, 0.3) is 0 Å². The third-order valence-electron chi connectivity index (χ3n) is 5.82. The summed E-state index contributed by atoms with van der Waals surface area (Å²) in [5, 5.41) is 3.44. The van der Waals surface area contributed by atoms with E-state index in [1.54, 1.807) is 0 Å². The number of anilines is 1. The fourth-order valence-electron chi connectivity index (χ4n) is 4.28. The van der Waals surface area contributed by atoms with Crippen molar-refractivity contribution in [3.8, 4) is 0 Å². The molecule has 1 aliphatic rings. The molecule has 0 fully saturated rings. The number of nitrogens with one attached hydrogen (secondary N) is 1. The first-order valence-corrected chi connectivity index (χ1v) is 10.4. The largest absolute Gasteiger partial charge is 0.308 e. The van der Waals surface area contributed by atoms with Gasteiger partial charge in [-0.25, -0.2) is 0 Å². The smallest absolute Gasteiger partial charge is 0.241 e. The standard InChI is InChI=1S/C26H28N2O.ClH/c1-20-16-17-23-14-8-9-15-25(23)28(20)26(29)19-27-18-24(21-10-4-2-5-11-21)22-12-6-3-7-13-22;/h2-15,20,24,27H,16-19H2,1H3;1H. The van der Waals surface area contributed by atoms with E-state index in [1.807, 2.05) is 23.1 Å². The second-order valence-electron chi connectivity index (χ2n) is 7.79. The number of carbonyl (C=O) groups excluding carboxylic acids is 1. The third-order valence-corrected chi connectivity index (χ3v) is 5.82. The second-order valence-corrected chi connectivity index (χ2v) is 7.79. The highest BCUT2D eigenvalue weighted by Gasteiger charge is 2.27. The molecule has 1 N–H and O–H groups in total. The minimum absolute atomic E-state index is 0. The summed E-state index contributed by atoms with van der Waals surface area (Å²) < 4.78 is 0. The maximum atomic E-state index is 13.1. The van der Waals surface area contributed by atoms with Crippen molar-refractivity contribution in [1.29, 1.82) is 0 Å². The van der Waals surface area contributed by atoms with E-state index in [0.29, 0.717) is 6.54 Å². The van der Waals surface area contributed by atoms with Gasteiger partial charge in [0.05, 0.1) is 6.54 Å². The quantitative estimate of drug-likeness (QED) is 0.594. The van der Waals surface area contributed by atoms with Gasteiger partial charge < -0.3 is 10.2 Å². The van der Waals surface area contributed by atoms with E-state index in [2.05, 4.69) is 79.0 Å². The molecular formula is C26H29ClN2O. The van der Waals surface area contributed by atoms with Crippen LogP contribution in [0.25, 0.3) is 0 Å². The average Bonchev–Trinajstić information content (AvgIpc) is 2.77. The van der Waals surface area contributed by atoms with E-state index in [4.69, 9.17) is 0 Å². The molecule has 1 aliphatic heterocycles. The molecule has 4 heteroatoms. The molecule has 156 valence electrons. The lowest BCUT2D eigenvalue weighted by atomic mass is 9.91. The molecule has 3 aromatic rings. The van der Waals surface area contributed by atoms with Gasteiger partial charge in [0.15, 0.2) is 0 Å². The van der Waals surface area contributed by atoms with Crippen LogP contribution < -0.4 is 10.2 Å². The number of hydrogen-bond acceptors (Lipinski definition) is 2. The van der Waals surface area contributed by atoms with Crippen LogP contribution in [0, 0.1) is 0 Å². The van der Waals surface area contributed by atoms with Gasteiger partial charge in [0.2, 0.25) is 5.91 Å². The number of para-hydroxylation sites is 1. The monoisotopic (exact) mass is 420 g/mol. The number of rotatable bonds is 6. The number of amides is 1. The van der Waals surface area contributed by atoms with E-state index >= 15 is 0 Å². The summed E-state index contributed by atoms with van der Waals surface area (Å²) in [6.45, 7) is 3.21. The Bertz CT molecular complexity index is 906. The predicted octanol–water partition coefficient (Wildman–Crippen LogP) is 5.20. The van der Waals surface area contributed by atoms with Crippen LogP contribution in [0.3, 0.4) is 0 Å². The fourth-order valence-corrected chi connectivity index (χ4v) is 4.28. The highest BCUT2D eigenvalue weighted by Crippen LogP contribution is 2.30. The average molecular weight is 421 g/mol. The van der Waals surface area contributed by atoms with Crippen molar-refractivity contribution in [3.63, 3.8) is 0 Å². The number of carbonyl (C=O) groups is 1. The van der Waals surface area contributed by atoms with E-state index in [9.17, 15) is 4.79 Å². The number of nitrogens with zero attached hydrogens (tertiary/aromatic N) is 1. The number of hydrogen-bond donors (Lipinski definition) is 1. The van der Waals surface area contributed by atoms with Gasteiger partial charge in [-0.3, -0.25) is 4.79 Å². The predicted molar refractivity (Wildman–Crippen MR) is 127 cm³/mol. The van der Waals surface area contributed by atoms with Crippen LogP contribution in [-0.4, -0.2) is 25.0 Å². The fraction of sp³-hybridized carbons (Fsp3) is 0.269. The number of aryl methyl sites for hydroxylation is 1. The topological polar surface area (TPSA) is 32.3 Å². The molecule has 4 rings (SSSR count). The van der Waals surface area contributed by atoms with Crippen LogP contribution in [0.2, 0.25) is 0 Å². The summed E-state index contributed by atoms with van der Waals surface area (Å²) in [5.41, 5.74) is 4.86. The number of halogens is 1. The minimum atomic E-state index is 0. The van der Waals surface area contributed by atoms with Crippen LogP contribution >= 0.6 is 12.4 Å². The van der Waals surface area contributed by atoms with Crippen molar-refractivity contribution in [2.45, 2.75) is 31.7 Å². The molecule has 0 aromatic heterocycles. The van der Waals surface area contributed by atoms with Crippen LogP contribution in [-0.2, 0) is 11.2 Å². The van der Waals surface area contributed by atoms with Gasteiger partial charge in [0.1, 0.15) is 0 Å². The molecule has 1 atom stereocenters. The van der Waals surface area contributed by atoms with Gasteiger partial charge in [-0.1, -0.05) is 78.9 Å². The summed E-state index contributed by atoms with van der Waals surface area (Å²) in [6.07, 6.45) is 2.05. The molecule has 1 amide bonds. The van der Waals surface area contributed by atoms with Crippen molar-refractivity contribution in [2.24, 2.45) is 0 Å². The lowest BCUT2D eigenvalue weighted by Gasteiger charge is -2.35. The highest BCUT2D eigenvalue weighted by molar-refractivity contribution is 5.96. The normalized spacial score (nSPS) is 15.4. The molecule has 0 bridgehead atoms. The molecular weight excluding hydrogens is 392 g/mol. The molecule has 0 radical (unpaired) electrons. The van der Waals surface area contributed by atoms with Gasteiger partial charge in [-0.05, 0) is 42.5 Å². The second kappa shape index (κ2) is 10.4. The van der Waals surface area contributed by atoms with E-state index < -0.39 is 0 Å². The van der Waals surface area contributed by atoms with Gasteiger partial charge in [0, 0.05) is 24.2 Å². The maximum Gasteiger partial charge on any atom is 0.241 e. The molecule has 3 nitrogen and oxygen atoms in total. The van der Waals surface area contributed by atoms with Crippen molar-refractivity contribution >= 4 is 24.0 Å². The Morgan fingerprint density at radius 3 is 2.13 bits per heavy atom. The van der Waals surface area contributed by atoms with Gasteiger partial charge >= 0.3 is 0 Å². The van der Waals surface area contributed by atoms with Crippen LogP contribution in [0.1, 0.15) is 36.0 Å². The Kier molecular flexibility index (Phi) is 7.67. The van der Waals surface area contributed by atoms with E-state index in [-0.39, 0.29) is 30.3 Å². The Hall–Kier alpha value is -2.62. The number of benzene rings is 3. The van der Waals surface area contributed by atoms with E-state index in [0.717, 1.165) is 25.1 Å². The maximum absolute atomic E-state index is 13.1. The van der Waals surface area contributed by atoms with Gasteiger partial charge in [-0.2, -0.15) is 0 Å². The summed E-state index contributed by atoms with van der Waals surface area (Å²) in [5.74, 6) is 0.362. The van der Waals surface area contributed by atoms with Crippen molar-refractivity contribution in [3.05, 3.63) is 102 Å². The summed E-state index contributed by atoms with van der Waals surface area (Å²) >= 11 is 0. The first-order valence-electron chi connectivity index (χ1n) is 10.4.